The van der Waals surface area contributed by atoms with Gasteiger partial charge >= 0.3 is 5.97 Å². The first-order valence-corrected chi connectivity index (χ1v) is 12.2. The van der Waals surface area contributed by atoms with Crippen molar-refractivity contribution in [3.63, 3.8) is 0 Å². The molecule has 4 rings (SSSR count). The summed E-state index contributed by atoms with van der Waals surface area (Å²) in [7, 11) is 1.72. The van der Waals surface area contributed by atoms with E-state index in [1.165, 1.54) is 6.08 Å². The zero-order valence-electron chi connectivity index (χ0n) is 20.0. The lowest BCUT2D eigenvalue weighted by atomic mass is 10.1. The third-order valence-electron chi connectivity index (χ3n) is 5.49. The number of ether oxygens (including phenoxy) is 4. The predicted molar refractivity (Wildman–Crippen MR) is 137 cm³/mol. The molecule has 0 bridgehead atoms. The third-order valence-corrected chi connectivity index (χ3v) is 7.02. The highest BCUT2D eigenvalue weighted by Crippen LogP contribution is 2.44. The lowest BCUT2D eigenvalue weighted by molar-refractivity contribution is -0.137. The Labute approximate surface area is 207 Å². The molecule has 180 valence electrons. The summed E-state index contributed by atoms with van der Waals surface area (Å²) in [6.07, 6.45) is 3.09. The fourth-order valence-corrected chi connectivity index (χ4v) is 5.20. The smallest absolute Gasteiger partial charge is 0.330 e. The van der Waals surface area contributed by atoms with Gasteiger partial charge in [0.25, 0.3) is 0 Å². The van der Waals surface area contributed by atoms with Crippen molar-refractivity contribution >= 4 is 33.5 Å². The van der Waals surface area contributed by atoms with Crippen LogP contribution in [0, 0.1) is 6.92 Å². The Morgan fingerprint density at radius 2 is 1.66 bits per heavy atom. The Morgan fingerprint density at radius 3 is 2.31 bits per heavy atom. The van der Waals surface area contributed by atoms with Crippen molar-refractivity contribution < 1.29 is 28.0 Å². The number of rotatable bonds is 8. The molecular weight excluding hydrogens is 464 g/mol. The first-order chi connectivity index (χ1) is 16.9. The number of methoxy groups -OCH3 is 2. The molecule has 3 aromatic rings. The van der Waals surface area contributed by atoms with Gasteiger partial charge in [0.2, 0.25) is 0 Å². The maximum atomic E-state index is 13.6. The molecule has 0 saturated heterocycles. The number of carbonyl (C=O) groups excluding carboxylic acids is 1. The minimum absolute atomic E-state index is 0.329. The minimum atomic E-state index is -1.46. The molecule has 0 N–H and O–H groups in total. The molecule has 1 aliphatic rings. The molecule has 0 spiro atoms. The molecule has 0 fully saturated rings. The summed E-state index contributed by atoms with van der Waals surface area (Å²) in [4.78, 5) is 12.8. The highest BCUT2D eigenvalue weighted by Gasteiger charge is 2.32. The van der Waals surface area contributed by atoms with Gasteiger partial charge in [-0.25, -0.2) is 9.00 Å². The van der Waals surface area contributed by atoms with Gasteiger partial charge in [-0.1, -0.05) is 6.07 Å². The average Bonchev–Trinajstić information content (AvgIpc) is 3.15. The van der Waals surface area contributed by atoms with Gasteiger partial charge < -0.3 is 18.9 Å². The Kier molecular flexibility index (Phi) is 7.36. The molecule has 0 radical (unpaired) electrons. The number of esters is 1. The van der Waals surface area contributed by atoms with Crippen LogP contribution < -0.4 is 14.2 Å². The van der Waals surface area contributed by atoms with Gasteiger partial charge in [0.05, 0.1) is 41.4 Å². The maximum absolute atomic E-state index is 13.6. The van der Waals surface area contributed by atoms with Gasteiger partial charge in [-0.15, -0.1) is 0 Å². The van der Waals surface area contributed by atoms with Crippen LogP contribution in [0.3, 0.4) is 0 Å². The van der Waals surface area contributed by atoms with Gasteiger partial charge in [0.15, 0.2) is 5.76 Å². The van der Waals surface area contributed by atoms with E-state index in [2.05, 4.69) is 0 Å². The zero-order valence-corrected chi connectivity index (χ0v) is 20.8. The van der Waals surface area contributed by atoms with Crippen LogP contribution in [-0.2, 0) is 20.3 Å². The number of fused-ring (bicyclic) bond motifs is 1. The lowest BCUT2D eigenvalue weighted by Gasteiger charge is -2.13. The average molecular weight is 491 g/mol. The molecule has 1 aliphatic heterocycles. The normalized spacial score (nSPS) is 14.7. The van der Waals surface area contributed by atoms with Crippen LogP contribution in [0.5, 0.6) is 17.2 Å². The topological polar surface area (TPSA) is 71.1 Å². The van der Waals surface area contributed by atoms with Crippen LogP contribution in [0.25, 0.3) is 16.7 Å². The number of carbonyl (C=O) groups is 1. The van der Waals surface area contributed by atoms with Crippen molar-refractivity contribution in [2.24, 2.45) is 0 Å². The Hall–Kier alpha value is -3.84. The largest absolute Gasteiger partial charge is 0.497 e. The van der Waals surface area contributed by atoms with Gasteiger partial charge in [0.1, 0.15) is 17.2 Å². The van der Waals surface area contributed by atoms with Crippen LogP contribution in [0.2, 0.25) is 0 Å². The third kappa shape index (κ3) is 5.15. The number of hydrogen-bond acceptors (Lipinski definition) is 6. The lowest BCUT2D eigenvalue weighted by Crippen LogP contribution is -1.99. The second-order valence-corrected chi connectivity index (χ2v) is 9.12. The van der Waals surface area contributed by atoms with Gasteiger partial charge in [-0.05, 0) is 91.2 Å². The van der Waals surface area contributed by atoms with Gasteiger partial charge in [0, 0.05) is 11.6 Å². The summed E-state index contributed by atoms with van der Waals surface area (Å²) >= 11 is 0. The molecule has 35 heavy (non-hydrogen) atoms. The van der Waals surface area contributed by atoms with Crippen LogP contribution in [0.1, 0.15) is 29.2 Å². The van der Waals surface area contributed by atoms with Crippen molar-refractivity contribution in [1.29, 1.82) is 0 Å². The van der Waals surface area contributed by atoms with Crippen molar-refractivity contribution in [3.05, 3.63) is 89.0 Å². The number of aryl methyl sites for hydroxylation is 1. The fraction of sp³-hybridized carbons (Fsp3) is 0.179. The predicted octanol–water partition coefficient (Wildman–Crippen LogP) is 5.61. The highest BCUT2D eigenvalue weighted by molar-refractivity contribution is 7.95. The van der Waals surface area contributed by atoms with E-state index < -0.39 is 10.8 Å². The van der Waals surface area contributed by atoms with E-state index in [9.17, 15) is 9.00 Å². The monoisotopic (exact) mass is 490 g/mol. The van der Waals surface area contributed by atoms with E-state index in [1.54, 1.807) is 33.3 Å². The van der Waals surface area contributed by atoms with E-state index >= 15 is 0 Å². The van der Waals surface area contributed by atoms with Crippen LogP contribution in [-0.4, -0.2) is 31.0 Å². The molecule has 1 heterocycles. The van der Waals surface area contributed by atoms with Crippen LogP contribution in [0.4, 0.5) is 0 Å². The van der Waals surface area contributed by atoms with Crippen molar-refractivity contribution in [2.75, 3.05) is 20.8 Å². The van der Waals surface area contributed by atoms with Crippen LogP contribution in [0.15, 0.2) is 71.6 Å². The minimum Gasteiger partial charge on any atom is -0.497 e. The summed E-state index contributed by atoms with van der Waals surface area (Å²) in [6, 6.07) is 18.5. The van der Waals surface area contributed by atoms with Crippen LogP contribution >= 0.6 is 0 Å². The van der Waals surface area contributed by atoms with E-state index in [0.717, 1.165) is 22.3 Å². The van der Waals surface area contributed by atoms with Crippen molar-refractivity contribution in [1.82, 2.24) is 0 Å². The van der Waals surface area contributed by atoms with E-state index in [0.29, 0.717) is 39.4 Å². The van der Waals surface area contributed by atoms with E-state index in [-0.39, 0.29) is 5.97 Å². The molecule has 0 aliphatic carbocycles. The second-order valence-electron chi connectivity index (χ2n) is 7.73. The Morgan fingerprint density at radius 1 is 0.943 bits per heavy atom. The molecule has 7 heteroatoms. The summed E-state index contributed by atoms with van der Waals surface area (Å²) < 4.78 is 35.6. The van der Waals surface area contributed by atoms with Crippen molar-refractivity contribution in [2.45, 2.75) is 18.7 Å². The Bertz CT molecular complexity index is 1340. The molecule has 6 nitrogen and oxygen atoms in total. The fourth-order valence-electron chi connectivity index (χ4n) is 3.72. The van der Waals surface area contributed by atoms with Crippen molar-refractivity contribution in [3.8, 4) is 17.2 Å². The molecule has 0 aromatic heterocycles. The molecular formula is C28H26O6S. The van der Waals surface area contributed by atoms with E-state index in [1.807, 2.05) is 61.5 Å². The SMILES string of the molecule is CCOC(=O)/C=C/c1ccc(OC2=C(c3ccc(OC)cc3)S(=O)c3cc(OC)ccc32)c(C)c1. The molecule has 0 saturated carbocycles. The molecule has 1 atom stereocenters. The molecule has 1 unspecified atom stereocenters. The molecule has 3 aromatic carbocycles. The first-order valence-electron chi connectivity index (χ1n) is 11.1. The van der Waals surface area contributed by atoms with Gasteiger partial charge in [-0.2, -0.15) is 0 Å². The highest BCUT2D eigenvalue weighted by atomic mass is 32.2. The summed E-state index contributed by atoms with van der Waals surface area (Å²) in [5, 5.41) is 0. The summed E-state index contributed by atoms with van der Waals surface area (Å²) in [5.74, 6) is 2.10. The standard InChI is InChI=1S/C28H26O6S/c1-5-33-26(29)15-7-19-6-14-24(18(2)16-19)34-27-23-13-12-22(32-4)17-25(23)35(30)28(27)20-8-10-21(31-3)11-9-20/h6-17H,5H2,1-4H3/b15-7+. The quantitative estimate of drug-likeness (QED) is 0.302. The molecule has 0 amide bonds. The number of hydrogen-bond donors (Lipinski definition) is 0. The first kappa shape index (κ1) is 24.3. The second kappa shape index (κ2) is 10.6. The van der Waals surface area contributed by atoms with E-state index in [4.69, 9.17) is 18.9 Å². The summed E-state index contributed by atoms with van der Waals surface area (Å²) in [5.41, 5.74) is 3.24. The Balaban J connectivity index is 1.73. The maximum Gasteiger partial charge on any atom is 0.330 e. The summed E-state index contributed by atoms with van der Waals surface area (Å²) in [6.45, 7) is 4.02. The number of benzene rings is 3. The van der Waals surface area contributed by atoms with Gasteiger partial charge in [-0.3, -0.25) is 0 Å². The zero-order chi connectivity index (χ0) is 24.9.